The molecular weight excluding hydrogens is 376 g/mol. The maximum Gasteiger partial charge on any atom is 0.377 e. The third-order valence-electron chi connectivity index (χ3n) is 5.06. The number of benzene rings is 1. The van der Waals surface area contributed by atoms with Crippen LogP contribution < -0.4 is 10.6 Å². The quantitative estimate of drug-likeness (QED) is 0.378. The van der Waals surface area contributed by atoms with Gasteiger partial charge in [-0.25, -0.2) is 4.79 Å². The standard InChI is InChI=1S/C16H17N4O6S/c21-9-16(20(25)26,10-4-2-1-3-5-10)13(19(23)24)7-6-12-14-11(8-27-12)17-15(22)18-14/h1-5,11-14H,6-8H2,(H2,17,18,22)/t11-,12-,13?,14-,16?/m0/s1. The second-order valence-corrected chi connectivity index (χ2v) is 7.76. The lowest BCUT2D eigenvalue weighted by Gasteiger charge is -2.24. The normalized spacial score (nSPS) is 27.0. The molecule has 2 N–H and O–H groups in total. The lowest BCUT2D eigenvalue weighted by Crippen LogP contribution is -2.52. The number of nitro groups is 2. The monoisotopic (exact) mass is 393 g/mol. The molecule has 2 heterocycles. The Morgan fingerprint density at radius 2 is 1.96 bits per heavy atom. The van der Waals surface area contributed by atoms with Gasteiger partial charge in [-0.05, 0) is 6.42 Å². The molecular formula is C16H17N4O6S. The van der Waals surface area contributed by atoms with Crippen molar-refractivity contribution in [2.24, 2.45) is 0 Å². The Hall–Kier alpha value is -2.69. The molecule has 0 bridgehead atoms. The van der Waals surface area contributed by atoms with Crippen LogP contribution >= 0.6 is 11.8 Å². The molecule has 0 aromatic heterocycles. The minimum absolute atomic E-state index is 0.0615. The van der Waals surface area contributed by atoms with Crippen LogP contribution in [0.5, 0.6) is 0 Å². The summed E-state index contributed by atoms with van der Waals surface area (Å²) >= 11 is 1.54. The molecule has 2 aliphatic rings. The van der Waals surface area contributed by atoms with Gasteiger partial charge in [0.2, 0.25) is 0 Å². The molecule has 0 saturated carbocycles. The maximum absolute atomic E-state index is 11.8. The number of fused-ring (bicyclic) bond motifs is 1. The van der Waals surface area contributed by atoms with Gasteiger partial charge in [-0.1, -0.05) is 30.3 Å². The first-order chi connectivity index (χ1) is 12.9. The van der Waals surface area contributed by atoms with Crippen molar-refractivity contribution in [1.29, 1.82) is 0 Å². The van der Waals surface area contributed by atoms with E-state index in [2.05, 4.69) is 10.6 Å². The zero-order valence-corrected chi connectivity index (χ0v) is 14.9. The molecule has 27 heavy (non-hydrogen) atoms. The molecule has 1 aromatic rings. The number of nitrogens with zero attached hydrogens (tertiary/aromatic N) is 2. The molecule has 2 unspecified atom stereocenters. The molecule has 1 aromatic carbocycles. The molecule has 1 radical (unpaired) electrons. The van der Waals surface area contributed by atoms with E-state index < -0.39 is 21.4 Å². The number of carbonyl (C=O) groups excluding carboxylic acids is 2. The van der Waals surface area contributed by atoms with Crippen LogP contribution in [0.4, 0.5) is 4.79 Å². The number of nitrogens with one attached hydrogen (secondary N) is 2. The van der Waals surface area contributed by atoms with Crippen molar-refractivity contribution in [3.8, 4) is 0 Å². The van der Waals surface area contributed by atoms with E-state index in [0.29, 0.717) is 5.75 Å². The lowest BCUT2D eigenvalue weighted by molar-refractivity contribution is -0.643. The Bertz CT molecular complexity index is 763. The van der Waals surface area contributed by atoms with Gasteiger partial charge in [-0.2, -0.15) is 11.8 Å². The Morgan fingerprint density at radius 1 is 1.26 bits per heavy atom. The molecule has 11 heteroatoms. The van der Waals surface area contributed by atoms with Crippen LogP contribution in [0.1, 0.15) is 18.4 Å². The number of amides is 2. The minimum atomic E-state index is -2.58. The highest BCUT2D eigenvalue weighted by atomic mass is 32.2. The summed E-state index contributed by atoms with van der Waals surface area (Å²) in [5.74, 6) is 0.663. The van der Waals surface area contributed by atoms with Crippen molar-refractivity contribution < 1.29 is 19.4 Å². The topological polar surface area (TPSA) is 144 Å². The van der Waals surface area contributed by atoms with Crippen molar-refractivity contribution in [2.45, 2.75) is 41.8 Å². The third-order valence-corrected chi connectivity index (χ3v) is 6.57. The molecule has 0 aliphatic carbocycles. The highest BCUT2D eigenvalue weighted by Gasteiger charge is 2.61. The largest absolute Gasteiger partial charge is 0.377 e. The molecule has 2 saturated heterocycles. The number of hydrogen-bond donors (Lipinski definition) is 2. The first-order valence-electron chi connectivity index (χ1n) is 8.31. The summed E-state index contributed by atoms with van der Waals surface area (Å²) in [7, 11) is 0. The van der Waals surface area contributed by atoms with E-state index in [0.717, 1.165) is 0 Å². The molecule has 2 aliphatic heterocycles. The summed E-state index contributed by atoms with van der Waals surface area (Å²) in [6.07, 6.45) is 1.43. The number of hydrogen-bond acceptors (Lipinski definition) is 7. The fraction of sp³-hybridized carbons (Fsp3) is 0.500. The van der Waals surface area contributed by atoms with E-state index in [1.165, 1.54) is 30.6 Å². The third kappa shape index (κ3) is 3.34. The molecule has 143 valence electrons. The highest BCUT2D eigenvalue weighted by Crippen LogP contribution is 2.36. The first-order valence-corrected chi connectivity index (χ1v) is 9.36. The fourth-order valence-corrected chi connectivity index (χ4v) is 5.22. The van der Waals surface area contributed by atoms with Gasteiger partial charge in [0.15, 0.2) is 0 Å². The Balaban J connectivity index is 1.85. The van der Waals surface area contributed by atoms with Gasteiger partial charge in [-0.3, -0.25) is 25.0 Å². The van der Waals surface area contributed by atoms with Crippen LogP contribution in [0, 0.1) is 20.2 Å². The number of thioether (sulfide) groups is 1. The summed E-state index contributed by atoms with van der Waals surface area (Å²) in [4.78, 5) is 44.9. The lowest BCUT2D eigenvalue weighted by atomic mass is 9.82. The van der Waals surface area contributed by atoms with E-state index in [9.17, 15) is 29.8 Å². The van der Waals surface area contributed by atoms with Crippen LogP contribution in [-0.2, 0) is 10.3 Å². The predicted octanol–water partition coefficient (Wildman–Crippen LogP) is 0.859. The molecule has 3 rings (SSSR count). The van der Waals surface area contributed by atoms with Crippen molar-refractivity contribution in [3.63, 3.8) is 0 Å². The Morgan fingerprint density at radius 3 is 2.56 bits per heavy atom. The second kappa shape index (κ2) is 7.51. The van der Waals surface area contributed by atoms with Crippen molar-refractivity contribution in [3.05, 3.63) is 56.1 Å². The highest BCUT2D eigenvalue weighted by molar-refractivity contribution is 8.00. The van der Waals surface area contributed by atoms with E-state index in [4.69, 9.17) is 0 Å². The van der Waals surface area contributed by atoms with Gasteiger partial charge < -0.3 is 10.6 Å². The predicted molar refractivity (Wildman–Crippen MR) is 96.3 cm³/mol. The number of carbonyl (C=O) groups is 1. The fourth-order valence-electron chi connectivity index (χ4n) is 3.71. The summed E-state index contributed by atoms with van der Waals surface area (Å²) in [6, 6.07) is 4.93. The minimum Gasteiger partial charge on any atom is -0.332 e. The summed E-state index contributed by atoms with van der Waals surface area (Å²) in [6.45, 7) is 0. The van der Waals surface area contributed by atoms with Crippen LogP contribution in [-0.4, -0.2) is 51.3 Å². The molecule has 10 nitrogen and oxygen atoms in total. The van der Waals surface area contributed by atoms with Crippen LogP contribution in [0.2, 0.25) is 0 Å². The smallest absolute Gasteiger partial charge is 0.332 e. The number of urea groups is 1. The molecule has 0 spiro atoms. The molecule has 2 fully saturated rings. The maximum atomic E-state index is 11.8. The van der Waals surface area contributed by atoms with Crippen LogP contribution in [0.15, 0.2) is 30.3 Å². The van der Waals surface area contributed by atoms with Gasteiger partial charge in [0.25, 0.3) is 12.3 Å². The van der Waals surface area contributed by atoms with E-state index >= 15 is 0 Å². The van der Waals surface area contributed by atoms with Crippen molar-refractivity contribution in [1.82, 2.24) is 10.6 Å². The van der Waals surface area contributed by atoms with Crippen LogP contribution in [0.3, 0.4) is 0 Å². The van der Waals surface area contributed by atoms with Gasteiger partial charge in [0.05, 0.1) is 12.1 Å². The van der Waals surface area contributed by atoms with Gasteiger partial charge >= 0.3 is 11.6 Å². The zero-order valence-electron chi connectivity index (χ0n) is 14.1. The Labute approximate surface area is 158 Å². The molecule has 2 amide bonds. The summed E-state index contributed by atoms with van der Waals surface area (Å²) < 4.78 is 0. The van der Waals surface area contributed by atoms with Crippen molar-refractivity contribution >= 4 is 24.1 Å². The Kier molecular flexibility index (Phi) is 5.31. The molecule has 5 atom stereocenters. The van der Waals surface area contributed by atoms with E-state index in [1.54, 1.807) is 17.8 Å². The SMILES string of the molecule is O=[C]C(c1ccccc1)(C(CC[C@@H]1SC[C@@H]2NC(=O)N[C@@H]21)[N+](=O)[O-])[N+](=O)[O-]. The van der Waals surface area contributed by atoms with Crippen LogP contribution in [0.25, 0.3) is 0 Å². The number of rotatable bonds is 8. The zero-order chi connectivity index (χ0) is 19.6. The van der Waals surface area contributed by atoms with Gasteiger partial charge in [0.1, 0.15) is 0 Å². The first kappa shape index (κ1) is 19.1. The summed E-state index contributed by atoms with van der Waals surface area (Å²) in [5, 5.41) is 28.9. The average Bonchev–Trinajstić information content (AvgIpc) is 3.18. The van der Waals surface area contributed by atoms with Gasteiger partial charge in [0, 0.05) is 32.8 Å². The van der Waals surface area contributed by atoms with Crippen molar-refractivity contribution in [2.75, 3.05) is 5.75 Å². The average molecular weight is 393 g/mol. The van der Waals surface area contributed by atoms with E-state index in [-0.39, 0.29) is 41.8 Å². The van der Waals surface area contributed by atoms with E-state index in [1.807, 2.05) is 0 Å². The second-order valence-electron chi connectivity index (χ2n) is 6.49. The summed E-state index contributed by atoms with van der Waals surface area (Å²) in [5.41, 5.74) is -2.65. The van der Waals surface area contributed by atoms with Gasteiger partial charge in [-0.15, -0.1) is 0 Å².